The van der Waals surface area contributed by atoms with Crippen LogP contribution in [0, 0.1) is 17.6 Å². The Bertz CT molecular complexity index is 2630. The first-order valence-electron chi connectivity index (χ1n) is 23.3. The number of carbonyl (C=O) groups is 3. The summed E-state index contributed by atoms with van der Waals surface area (Å²) in [6.07, 6.45) is 5.07. The van der Waals surface area contributed by atoms with Crippen LogP contribution in [0.15, 0.2) is 47.1 Å². The van der Waals surface area contributed by atoms with Crippen molar-refractivity contribution in [1.29, 1.82) is 0 Å². The average Bonchev–Trinajstić information content (AvgIpc) is 3.83. The molecule has 4 aromatic rings. The maximum absolute atomic E-state index is 15.3. The Morgan fingerprint density at radius 2 is 1.65 bits per heavy atom. The van der Waals surface area contributed by atoms with Gasteiger partial charge in [0.25, 0.3) is 0 Å². The van der Waals surface area contributed by atoms with Crippen molar-refractivity contribution in [3.05, 3.63) is 69.8 Å². The van der Waals surface area contributed by atoms with E-state index >= 15 is 8.78 Å². The number of hydrogen-bond acceptors (Lipinski definition) is 14. The van der Waals surface area contributed by atoms with Crippen LogP contribution in [0.4, 0.5) is 43.3 Å². The Morgan fingerprint density at radius 1 is 0.926 bits per heavy atom. The molecular weight excluding hydrogens is 963 g/mol. The van der Waals surface area contributed by atoms with Crippen LogP contribution in [-0.4, -0.2) is 130 Å². The van der Waals surface area contributed by atoms with Crippen molar-refractivity contribution >= 4 is 80.6 Å². The van der Waals surface area contributed by atoms with Gasteiger partial charge < -0.3 is 44.1 Å². The quantitative estimate of drug-likeness (QED) is 0.101. The first-order chi connectivity index (χ1) is 32.7. The van der Waals surface area contributed by atoms with Gasteiger partial charge in [-0.3, -0.25) is 24.6 Å². The molecule has 1 aromatic heterocycles. The predicted octanol–water partition coefficient (Wildman–Crippen LogP) is 6.75. The molecule has 68 heavy (non-hydrogen) atoms. The number of halogens is 3. The third-order valence-corrected chi connectivity index (χ3v) is 15.8. The van der Waals surface area contributed by atoms with Gasteiger partial charge in [-0.1, -0.05) is 6.92 Å². The van der Waals surface area contributed by atoms with E-state index in [1.807, 2.05) is 15.9 Å². The Hall–Kier alpha value is -5.52. The third-order valence-electron chi connectivity index (χ3n) is 13.7. The summed E-state index contributed by atoms with van der Waals surface area (Å²) in [5, 5.41) is 9.46. The fourth-order valence-electron chi connectivity index (χ4n) is 10.2. The Morgan fingerprint density at radius 3 is 2.34 bits per heavy atom. The minimum atomic E-state index is -2.81. The summed E-state index contributed by atoms with van der Waals surface area (Å²) >= 11 is 3.58. The molecule has 0 saturated carbocycles. The van der Waals surface area contributed by atoms with E-state index < -0.39 is 36.5 Å². The summed E-state index contributed by atoms with van der Waals surface area (Å²) in [6.45, 7) is 11.8. The van der Waals surface area contributed by atoms with Crippen molar-refractivity contribution in [2.45, 2.75) is 57.4 Å². The molecule has 2 atom stereocenters. The first kappa shape index (κ1) is 47.5. The van der Waals surface area contributed by atoms with Gasteiger partial charge in [0.1, 0.15) is 43.6 Å². The molecule has 5 aliphatic rings. The van der Waals surface area contributed by atoms with Crippen LogP contribution in [0.2, 0.25) is 0 Å². The van der Waals surface area contributed by atoms with Crippen molar-refractivity contribution in [2.24, 2.45) is 5.92 Å². The maximum Gasteiger partial charge on any atom is 0.234 e. The summed E-state index contributed by atoms with van der Waals surface area (Å²) < 4.78 is 62.4. The van der Waals surface area contributed by atoms with Gasteiger partial charge in [-0.25, -0.2) is 13.8 Å². The topological polar surface area (TPSA) is 171 Å². The number of hydrogen-bond donors (Lipinski definition) is 3. The average molecular weight is 1020 g/mol. The normalized spacial score (nSPS) is 20.4. The largest absolute Gasteiger partial charge is 0.494 e. The number of ether oxygens (including phenoxy) is 3. The summed E-state index contributed by atoms with van der Waals surface area (Å²) in [4.78, 5) is 55.7. The molecule has 9 rings (SSSR count). The van der Waals surface area contributed by atoms with E-state index in [-0.39, 0.29) is 30.2 Å². The van der Waals surface area contributed by atoms with Crippen LogP contribution in [0.3, 0.4) is 0 Å². The number of nitrogens with zero attached hydrogens (tertiary/aromatic N) is 6. The molecule has 2 unspecified atom stereocenters. The van der Waals surface area contributed by atoms with E-state index in [1.54, 1.807) is 32.7 Å². The number of anilines is 6. The zero-order valence-electron chi connectivity index (χ0n) is 38.7. The number of rotatable bonds is 12. The fraction of sp³-hybridized carbons (Fsp3) is 0.479. The van der Waals surface area contributed by atoms with E-state index in [4.69, 9.17) is 19.2 Å². The number of benzene rings is 3. The number of aromatic nitrogens is 2. The lowest BCUT2D eigenvalue weighted by Gasteiger charge is -2.44. The minimum Gasteiger partial charge on any atom is -0.494 e. The van der Waals surface area contributed by atoms with Crippen molar-refractivity contribution in [1.82, 2.24) is 25.1 Å². The van der Waals surface area contributed by atoms with Crippen LogP contribution >= 0.6 is 23.1 Å². The van der Waals surface area contributed by atoms with Gasteiger partial charge in [-0.05, 0) is 97.3 Å². The van der Waals surface area contributed by atoms with Crippen LogP contribution < -0.4 is 45.3 Å². The summed E-state index contributed by atoms with van der Waals surface area (Å²) in [7, 11) is -1.17. The van der Waals surface area contributed by atoms with Gasteiger partial charge in [0.2, 0.25) is 23.7 Å². The summed E-state index contributed by atoms with van der Waals surface area (Å²) in [5.74, 6) is -1.53. The predicted molar refractivity (Wildman–Crippen MR) is 260 cm³/mol. The van der Waals surface area contributed by atoms with Gasteiger partial charge in [-0.15, -0.1) is 0 Å². The molecule has 6 heterocycles. The standard InChI is InChI=1S/C48H57BrF2N9O7P/c1-5-28-22-37(54-48-52-26-33(49)45(56-48)53-36-7-8-39-43(67-21-20-66-39)44(36)68(3,4)64)40(65-2)25-38(28)58-14-11-30(12-15-58)57-16-18-59(19-17-57)47(63)29-10-13-60(27-29)31-23-34(50)42(35(51)24-31)32-6-9-41(61)55-46(32)62/h7-8,22-26,29-30,32H,5-6,9-21,27H2,1-4H3,(H,55,61,62)(H2,52,53,54,56). The molecule has 5 aliphatic heterocycles. The van der Waals surface area contributed by atoms with Crippen LogP contribution in [-0.2, 0) is 25.4 Å². The van der Waals surface area contributed by atoms with E-state index in [2.05, 4.69) is 65.7 Å². The van der Waals surface area contributed by atoms with Gasteiger partial charge in [-0.2, -0.15) is 4.98 Å². The Labute approximate surface area is 403 Å². The molecule has 4 saturated heterocycles. The number of aryl methyl sites for hydroxylation is 1. The molecular formula is C48H57BrF2N9O7P. The number of nitrogens with one attached hydrogen (secondary N) is 3. The van der Waals surface area contributed by atoms with Crippen LogP contribution in [0.25, 0.3) is 0 Å². The van der Waals surface area contributed by atoms with Crippen molar-refractivity contribution in [3.63, 3.8) is 0 Å². The van der Waals surface area contributed by atoms with Gasteiger partial charge in [0.05, 0.1) is 40.1 Å². The highest BCUT2D eigenvalue weighted by Crippen LogP contribution is 2.47. The van der Waals surface area contributed by atoms with Crippen molar-refractivity contribution in [3.8, 4) is 17.2 Å². The highest BCUT2D eigenvalue weighted by Gasteiger charge is 2.37. The second-order valence-electron chi connectivity index (χ2n) is 18.3. The monoisotopic (exact) mass is 1020 g/mol. The smallest absolute Gasteiger partial charge is 0.234 e. The number of carbonyl (C=O) groups excluding carboxylic acids is 3. The zero-order chi connectivity index (χ0) is 47.9. The highest BCUT2D eigenvalue weighted by atomic mass is 79.9. The fourth-order valence-corrected chi connectivity index (χ4v) is 11.9. The second kappa shape index (κ2) is 19.8. The number of imide groups is 1. The first-order valence-corrected chi connectivity index (χ1v) is 26.7. The zero-order valence-corrected chi connectivity index (χ0v) is 41.2. The number of piperazine rings is 1. The van der Waals surface area contributed by atoms with E-state index in [0.717, 1.165) is 62.4 Å². The Balaban J connectivity index is 0.790. The van der Waals surface area contributed by atoms with Crippen molar-refractivity contribution < 1.29 is 41.9 Å². The third kappa shape index (κ3) is 9.84. The molecule has 3 aromatic carbocycles. The molecule has 16 nitrogen and oxygen atoms in total. The van der Waals surface area contributed by atoms with Crippen LogP contribution in [0.5, 0.6) is 17.2 Å². The molecule has 0 radical (unpaired) electrons. The number of piperidine rings is 2. The second-order valence-corrected chi connectivity index (χ2v) is 22.4. The van der Waals surface area contributed by atoms with E-state index in [0.29, 0.717) is 102 Å². The molecule has 20 heteroatoms. The molecule has 0 aliphatic carbocycles. The molecule has 3 N–H and O–H groups in total. The lowest BCUT2D eigenvalue weighted by atomic mass is 9.89. The minimum absolute atomic E-state index is 0.0253. The maximum atomic E-state index is 15.3. The van der Waals surface area contributed by atoms with Crippen molar-refractivity contribution in [2.75, 3.05) is 106 Å². The van der Waals surface area contributed by atoms with E-state index in [1.165, 1.54) is 12.1 Å². The molecule has 3 amide bonds. The number of fused-ring (bicyclic) bond motifs is 1. The molecule has 0 spiro atoms. The highest BCUT2D eigenvalue weighted by molar-refractivity contribution is 9.10. The lowest BCUT2D eigenvalue weighted by Crippen LogP contribution is -2.55. The molecule has 4 fully saturated rings. The number of amides is 3. The van der Waals surface area contributed by atoms with Gasteiger partial charge in [0.15, 0.2) is 11.5 Å². The summed E-state index contributed by atoms with van der Waals surface area (Å²) in [5.41, 5.74) is 3.63. The molecule has 0 bridgehead atoms. The van der Waals surface area contributed by atoms with Gasteiger partial charge in [0, 0.05) is 94.0 Å². The number of methoxy groups -OCH3 is 1. The lowest BCUT2D eigenvalue weighted by molar-refractivity contribution is -0.137. The van der Waals surface area contributed by atoms with Crippen LogP contribution in [0.1, 0.15) is 56.1 Å². The SMILES string of the molecule is CCc1cc(Nc2ncc(Br)c(Nc3ccc4c(c3P(C)(C)=O)OCCO4)n2)c(OC)cc1N1CCC(N2CCN(C(=O)C3CCN(c4cc(F)c(C5CCC(=O)NC5=O)c(F)c4)C3)CC2)CC1. The summed E-state index contributed by atoms with van der Waals surface area (Å²) in [6, 6.07) is 10.7. The Kier molecular flexibility index (Phi) is 13.9. The van der Waals surface area contributed by atoms with Gasteiger partial charge >= 0.3 is 0 Å². The molecule has 362 valence electrons. The van der Waals surface area contributed by atoms with E-state index in [9.17, 15) is 18.9 Å².